The van der Waals surface area contributed by atoms with Gasteiger partial charge < -0.3 is 19.4 Å². The predicted molar refractivity (Wildman–Crippen MR) is 128 cm³/mol. The van der Waals surface area contributed by atoms with Crippen molar-refractivity contribution in [1.29, 1.82) is 0 Å². The second kappa shape index (κ2) is 8.21. The second-order valence-corrected chi connectivity index (χ2v) is 9.12. The molecule has 1 aromatic carbocycles. The van der Waals surface area contributed by atoms with Crippen molar-refractivity contribution < 1.29 is 14.3 Å². The van der Waals surface area contributed by atoms with Gasteiger partial charge in [-0.25, -0.2) is 9.78 Å². The molecule has 1 aliphatic heterocycles. The van der Waals surface area contributed by atoms with Crippen molar-refractivity contribution in [2.24, 2.45) is 5.41 Å². The number of para-hydroxylation sites is 1. The molecule has 0 amide bonds. The van der Waals surface area contributed by atoms with Crippen LogP contribution in [0.3, 0.4) is 0 Å². The summed E-state index contributed by atoms with van der Waals surface area (Å²) in [5.74, 6) is 0.238. The number of nitrogens with one attached hydrogen (secondary N) is 1. The van der Waals surface area contributed by atoms with Crippen molar-refractivity contribution in [2.75, 3.05) is 31.7 Å². The molecule has 1 aliphatic carbocycles. The molecule has 1 spiro atoms. The lowest BCUT2D eigenvalue weighted by molar-refractivity contribution is 0.0525. The van der Waals surface area contributed by atoms with Gasteiger partial charge in [-0.2, -0.15) is 0 Å². The van der Waals surface area contributed by atoms with Crippen molar-refractivity contribution >= 4 is 22.7 Å². The summed E-state index contributed by atoms with van der Waals surface area (Å²) in [6, 6.07) is 9.92. The summed E-state index contributed by atoms with van der Waals surface area (Å²) >= 11 is 0. The summed E-state index contributed by atoms with van der Waals surface area (Å²) in [5, 5.41) is 0.941. The number of hydrogen-bond acceptors (Lipinski definition) is 6. The largest absolute Gasteiger partial charge is 0.491 e. The molecule has 5 rings (SSSR count). The van der Waals surface area contributed by atoms with Crippen LogP contribution in [0.4, 0.5) is 5.82 Å². The van der Waals surface area contributed by atoms with Gasteiger partial charge in [0.05, 0.1) is 30.6 Å². The molecule has 7 nitrogen and oxygen atoms in total. The molecule has 1 N–H and O–H groups in total. The lowest BCUT2D eigenvalue weighted by Gasteiger charge is -2.34. The number of carbonyl (C=O) groups excluding carboxylic acids is 1. The normalized spacial score (nSPS) is 16.8. The highest BCUT2D eigenvalue weighted by atomic mass is 16.5. The van der Waals surface area contributed by atoms with Crippen LogP contribution in [0.2, 0.25) is 0 Å². The summed E-state index contributed by atoms with van der Waals surface area (Å²) in [7, 11) is 1.43. The molecule has 3 aromatic rings. The molecule has 1 saturated heterocycles. The number of fused-ring (bicyclic) bond motifs is 1. The molecular weight excluding hydrogens is 418 g/mol. The van der Waals surface area contributed by atoms with Crippen LogP contribution >= 0.6 is 0 Å². The Morgan fingerprint density at radius 1 is 1.18 bits per heavy atom. The number of nitrogens with zero attached hydrogens (tertiary/aromatic N) is 2. The number of H-pyrrole nitrogens is 1. The monoisotopic (exact) mass is 447 g/mol. The molecule has 7 heteroatoms. The molecule has 172 valence electrons. The van der Waals surface area contributed by atoms with Gasteiger partial charge >= 0.3 is 5.97 Å². The van der Waals surface area contributed by atoms with E-state index in [4.69, 9.17) is 14.5 Å². The smallest absolute Gasteiger partial charge is 0.344 e. The van der Waals surface area contributed by atoms with Crippen LogP contribution in [0, 0.1) is 12.3 Å². The Morgan fingerprint density at radius 2 is 1.91 bits per heavy atom. The number of piperidine rings is 1. The number of methoxy groups -OCH3 is 1. The Kier molecular flexibility index (Phi) is 5.35. The van der Waals surface area contributed by atoms with E-state index in [2.05, 4.69) is 9.88 Å². The second-order valence-electron chi connectivity index (χ2n) is 9.12. The van der Waals surface area contributed by atoms with E-state index < -0.39 is 11.4 Å². The van der Waals surface area contributed by atoms with Gasteiger partial charge in [0.2, 0.25) is 5.43 Å². The van der Waals surface area contributed by atoms with E-state index in [1.807, 2.05) is 30.3 Å². The first kappa shape index (κ1) is 21.5. The summed E-state index contributed by atoms with van der Waals surface area (Å²) in [5.41, 5.74) is 2.59. The van der Waals surface area contributed by atoms with Crippen LogP contribution < -0.4 is 15.1 Å². The zero-order valence-electron chi connectivity index (χ0n) is 19.4. The van der Waals surface area contributed by atoms with Crippen LogP contribution in [0.25, 0.3) is 22.2 Å². The van der Waals surface area contributed by atoms with E-state index in [9.17, 15) is 9.59 Å². The quantitative estimate of drug-likeness (QED) is 0.581. The fraction of sp³-hybridized carbons (Fsp3) is 0.423. The average Bonchev–Trinajstić information content (AvgIpc) is 3.57. The van der Waals surface area contributed by atoms with Crippen LogP contribution in [-0.4, -0.2) is 42.7 Å². The number of benzene rings is 1. The van der Waals surface area contributed by atoms with Gasteiger partial charge in [-0.1, -0.05) is 18.2 Å². The third-order valence-electron chi connectivity index (χ3n) is 7.07. The van der Waals surface area contributed by atoms with Gasteiger partial charge in [-0.3, -0.25) is 4.79 Å². The van der Waals surface area contributed by atoms with E-state index in [-0.39, 0.29) is 17.9 Å². The number of rotatable bonds is 5. The minimum Gasteiger partial charge on any atom is -0.491 e. The summed E-state index contributed by atoms with van der Waals surface area (Å²) in [6.07, 6.45) is 4.92. The highest BCUT2D eigenvalue weighted by Crippen LogP contribution is 2.54. The van der Waals surface area contributed by atoms with Gasteiger partial charge in [0.1, 0.15) is 11.4 Å². The minimum absolute atomic E-state index is 0.0479. The predicted octanol–water partition coefficient (Wildman–Crippen LogP) is 4.46. The van der Waals surface area contributed by atoms with Crippen LogP contribution in [-0.2, 0) is 4.74 Å². The Hall–Kier alpha value is -3.35. The maximum absolute atomic E-state index is 13.3. The molecule has 2 aliphatic rings. The molecule has 2 aromatic heterocycles. The summed E-state index contributed by atoms with van der Waals surface area (Å²) in [6.45, 7) is 5.48. The van der Waals surface area contributed by atoms with Crippen LogP contribution in [0.15, 0.2) is 35.1 Å². The highest BCUT2D eigenvalue weighted by molar-refractivity contribution is 6.00. The standard InChI is InChI=1S/C26H29N3O4/c1-4-33-25(31)20-21(27-16(2)23(32-3)22(20)30)18-15-17-7-5-6-8-19(17)28-24(18)29-13-11-26(9-10-26)12-14-29/h5-8,15H,4,9-14H2,1-3H3,(H,27,30). The first-order chi connectivity index (χ1) is 16.0. The number of aryl methyl sites for hydroxylation is 1. The Balaban J connectivity index is 1.73. The molecular formula is C26H29N3O4. The molecule has 0 atom stereocenters. The Labute approximate surface area is 192 Å². The zero-order chi connectivity index (χ0) is 23.2. The number of carbonyl (C=O) groups is 1. The summed E-state index contributed by atoms with van der Waals surface area (Å²) < 4.78 is 10.6. The van der Waals surface area contributed by atoms with Gasteiger partial charge in [0.25, 0.3) is 0 Å². The van der Waals surface area contributed by atoms with Gasteiger partial charge in [-0.15, -0.1) is 0 Å². The van der Waals surface area contributed by atoms with Crippen molar-refractivity contribution in [3.8, 4) is 17.0 Å². The van der Waals surface area contributed by atoms with Crippen molar-refractivity contribution in [3.63, 3.8) is 0 Å². The number of hydrogen-bond donors (Lipinski definition) is 1. The van der Waals surface area contributed by atoms with E-state index >= 15 is 0 Å². The van der Waals surface area contributed by atoms with Gasteiger partial charge in [0, 0.05) is 24.0 Å². The zero-order valence-corrected chi connectivity index (χ0v) is 19.4. The Morgan fingerprint density at radius 3 is 2.58 bits per heavy atom. The van der Waals surface area contributed by atoms with E-state index in [1.165, 1.54) is 20.0 Å². The summed E-state index contributed by atoms with van der Waals surface area (Å²) in [4.78, 5) is 36.8. The molecule has 0 unspecified atom stereocenters. The lowest BCUT2D eigenvalue weighted by Crippen LogP contribution is -2.35. The fourth-order valence-electron chi connectivity index (χ4n) is 4.95. The minimum atomic E-state index is -0.665. The molecule has 33 heavy (non-hydrogen) atoms. The first-order valence-electron chi connectivity index (χ1n) is 11.6. The fourth-order valence-corrected chi connectivity index (χ4v) is 4.95. The maximum atomic E-state index is 13.3. The number of pyridine rings is 2. The number of aromatic amines is 1. The molecule has 3 heterocycles. The third-order valence-corrected chi connectivity index (χ3v) is 7.07. The molecule has 0 radical (unpaired) electrons. The first-order valence-corrected chi connectivity index (χ1v) is 11.6. The van der Waals surface area contributed by atoms with Crippen LogP contribution in [0.1, 0.15) is 48.7 Å². The number of aromatic nitrogens is 2. The highest BCUT2D eigenvalue weighted by Gasteiger charge is 2.45. The van der Waals surface area contributed by atoms with E-state index in [0.717, 1.165) is 48.2 Å². The van der Waals surface area contributed by atoms with Crippen molar-refractivity contribution in [3.05, 3.63) is 51.8 Å². The van der Waals surface area contributed by atoms with Gasteiger partial charge in [-0.05, 0) is 57.1 Å². The third kappa shape index (κ3) is 3.75. The van der Waals surface area contributed by atoms with Crippen LogP contribution in [0.5, 0.6) is 5.75 Å². The molecule has 0 bridgehead atoms. The SMILES string of the molecule is CCOC(=O)c1c(-c2cc3ccccc3nc2N2CCC3(CC2)CC3)[nH]c(C)c(OC)c1=O. The van der Waals surface area contributed by atoms with Crippen molar-refractivity contribution in [1.82, 2.24) is 9.97 Å². The maximum Gasteiger partial charge on any atom is 0.344 e. The van der Waals surface area contributed by atoms with E-state index in [1.54, 1.807) is 13.8 Å². The number of anilines is 1. The molecule has 1 saturated carbocycles. The number of ether oxygens (including phenoxy) is 2. The van der Waals surface area contributed by atoms with Crippen molar-refractivity contribution in [2.45, 2.75) is 39.5 Å². The topological polar surface area (TPSA) is 84.5 Å². The average molecular weight is 448 g/mol. The van der Waals surface area contributed by atoms with Gasteiger partial charge in [0.15, 0.2) is 5.75 Å². The Bertz CT molecular complexity index is 1280. The van der Waals surface area contributed by atoms with E-state index in [0.29, 0.717) is 16.8 Å². The lowest BCUT2D eigenvalue weighted by atomic mass is 9.93. The molecule has 2 fully saturated rings. The number of esters is 1.